The summed E-state index contributed by atoms with van der Waals surface area (Å²) in [6.45, 7) is 3.53. The minimum Gasteiger partial charge on any atom is -0.379 e. The van der Waals surface area contributed by atoms with Crippen LogP contribution >= 0.6 is 15.9 Å². The highest BCUT2D eigenvalue weighted by molar-refractivity contribution is 9.10. The molecular formula is C12H16BrN3O3. The van der Waals surface area contributed by atoms with Gasteiger partial charge >= 0.3 is 5.69 Å². The smallest absolute Gasteiger partial charge is 0.312 e. The van der Waals surface area contributed by atoms with Crippen molar-refractivity contribution < 1.29 is 9.66 Å². The summed E-state index contributed by atoms with van der Waals surface area (Å²) < 4.78 is 6.04. The van der Waals surface area contributed by atoms with E-state index in [4.69, 9.17) is 4.74 Å². The lowest BCUT2D eigenvalue weighted by atomic mass is 9.96. The number of methoxy groups -OCH3 is 1. The fourth-order valence-corrected chi connectivity index (χ4v) is 2.65. The highest BCUT2D eigenvalue weighted by Gasteiger charge is 2.30. The van der Waals surface area contributed by atoms with Crippen molar-refractivity contribution in [3.8, 4) is 0 Å². The van der Waals surface area contributed by atoms with Crippen LogP contribution in [-0.4, -0.2) is 36.2 Å². The number of nitro groups is 1. The number of hydrogen-bond donors (Lipinski definition) is 0. The van der Waals surface area contributed by atoms with Gasteiger partial charge in [0.15, 0.2) is 0 Å². The Labute approximate surface area is 120 Å². The van der Waals surface area contributed by atoms with Crippen LogP contribution < -0.4 is 4.90 Å². The number of anilines is 1. The number of nitrogens with zero attached hydrogens (tertiary/aromatic N) is 3. The lowest BCUT2D eigenvalue weighted by Crippen LogP contribution is -2.44. The predicted molar refractivity (Wildman–Crippen MR) is 75.4 cm³/mol. The van der Waals surface area contributed by atoms with E-state index in [0.29, 0.717) is 22.8 Å². The zero-order valence-electron chi connectivity index (χ0n) is 10.9. The van der Waals surface area contributed by atoms with E-state index in [2.05, 4.69) is 27.8 Å². The Morgan fingerprint density at radius 1 is 1.63 bits per heavy atom. The van der Waals surface area contributed by atoms with Crippen LogP contribution in [0, 0.1) is 16.0 Å². The Kier molecular flexibility index (Phi) is 4.36. The molecule has 7 heteroatoms. The molecule has 2 unspecified atom stereocenters. The quantitative estimate of drug-likeness (QED) is 0.629. The van der Waals surface area contributed by atoms with Crippen molar-refractivity contribution in [2.45, 2.75) is 19.4 Å². The molecule has 0 radical (unpaired) electrons. The molecule has 0 saturated carbocycles. The Morgan fingerprint density at radius 2 is 2.37 bits per heavy atom. The van der Waals surface area contributed by atoms with Crippen molar-refractivity contribution in [3.63, 3.8) is 0 Å². The van der Waals surface area contributed by atoms with Crippen molar-refractivity contribution in [2.75, 3.05) is 25.1 Å². The summed E-state index contributed by atoms with van der Waals surface area (Å²) in [6.07, 6.45) is 2.61. The van der Waals surface area contributed by atoms with Crippen LogP contribution in [0.5, 0.6) is 0 Å². The second kappa shape index (κ2) is 5.83. The van der Waals surface area contributed by atoms with Crippen molar-refractivity contribution in [1.29, 1.82) is 0 Å². The van der Waals surface area contributed by atoms with E-state index in [1.54, 1.807) is 13.3 Å². The van der Waals surface area contributed by atoms with Crippen LogP contribution in [0.4, 0.5) is 11.5 Å². The largest absolute Gasteiger partial charge is 0.379 e. The van der Waals surface area contributed by atoms with Gasteiger partial charge in [0, 0.05) is 36.9 Å². The van der Waals surface area contributed by atoms with Gasteiger partial charge in [-0.15, -0.1) is 0 Å². The third-order valence-electron chi connectivity index (χ3n) is 3.50. The van der Waals surface area contributed by atoms with Gasteiger partial charge in [0.05, 0.1) is 11.0 Å². The van der Waals surface area contributed by atoms with Gasteiger partial charge in [0.25, 0.3) is 0 Å². The summed E-state index contributed by atoms with van der Waals surface area (Å²) in [6, 6.07) is 1.49. The highest BCUT2D eigenvalue weighted by atomic mass is 79.9. The molecule has 2 atom stereocenters. The first-order valence-electron chi connectivity index (χ1n) is 6.10. The van der Waals surface area contributed by atoms with Crippen molar-refractivity contribution in [1.82, 2.24) is 4.98 Å². The third-order valence-corrected chi connectivity index (χ3v) is 3.94. The monoisotopic (exact) mass is 329 g/mol. The Hall–Kier alpha value is -1.21. The van der Waals surface area contributed by atoms with Crippen LogP contribution in [0.3, 0.4) is 0 Å². The maximum atomic E-state index is 11.1. The molecule has 1 fully saturated rings. The Morgan fingerprint density at radius 3 is 3.00 bits per heavy atom. The van der Waals surface area contributed by atoms with Crippen molar-refractivity contribution in [3.05, 3.63) is 26.9 Å². The minimum atomic E-state index is -0.396. The zero-order chi connectivity index (χ0) is 14.0. The van der Waals surface area contributed by atoms with Gasteiger partial charge in [0.1, 0.15) is 0 Å². The highest BCUT2D eigenvalue weighted by Crippen LogP contribution is 2.31. The number of ether oxygens (including phenoxy) is 1. The maximum absolute atomic E-state index is 11.1. The number of halogens is 1. The number of hydrogen-bond acceptors (Lipinski definition) is 5. The van der Waals surface area contributed by atoms with Gasteiger partial charge in [-0.1, -0.05) is 6.92 Å². The van der Waals surface area contributed by atoms with Crippen LogP contribution in [0.15, 0.2) is 16.7 Å². The topological polar surface area (TPSA) is 68.5 Å². The first kappa shape index (κ1) is 14.2. The van der Waals surface area contributed by atoms with Gasteiger partial charge in [-0.2, -0.15) is 0 Å². The second-order valence-corrected chi connectivity index (χ2v) is 5.66. The average Bonchev–Trinajstić information content (AvgIpc) is 2.39. The van der Waals surface area contributed by atoms with Gasteiger partial charge in [-0.3, -0.25) is 10.1 Å². The Bertz CT molecular complexity index is 483. The molecular weight excluding hydrogens is 314 g/mol. The van der Waals surface area contributed by atoms with Crippen LogP contribution in [0.25, 0.3) is 0 Å². The van der Waals surface area contributed by atoms with E-state index >= 15 is 0 Å². The van der Waals surface area contributed by atoms with Crippen molar-refractivity contribution in [2.24, 2.45) is 5.92 Å². The van der Waals surface area contributed by atoms with Crippen LogP contribution in [0.2, 0.25) is 0 Å². The molecule has 0 spiro atoms. The first-order chi connectivity index (χ1) is 9.02. The molecule has 1 aliphatic heterocycles. The number of piperidine rings is 1. The summed E-state index contributed by atoms with van der Waals surface area (Å²) in [5, 5.41) is 11.1. The molecule has 1 saturated heterocycles. The van der Waals surface area contributed by atoms with Gasteiger partial charge < -0.3 is 9.64 Å². The molecule has 0 aromatic carbocycles. The van der Waals surface area contributed by atoms with E-state index in [-0.39, 0.29) is 11.8 Å². The lowest BCUT2D eigenvalue weighted by molar-refractivity contribution is -0.384. The second-order valence-electron chi connectivity index (χ2n) is 4.74. The summed E-state index contributed by atoms with van der Waals surface area (Å²) >= 11 is 3.21. The Balaban J connectivity index is 2.29. The van der Waals surface area contributed by atoms with Gasteiger partial charge in [-0.25, -0.2) is 4.98 Å². The molecule has 2 heterocycles. The molecule has 0 amide bonds. The molecule has 19 heavy (non-hydrogen) atoms. The molecule has 0 bridgehead atoms. The van der Waals surface area contributed by atoms with E-state index in [1.807, 2.05) is 4.90 Å². The van der Waals surface area contributed by atoms with Crippen LogP contribution in [0.1, 0.15) is 13.3 Å². The van der Waals surface area contributed by atoms with Gasteiger partial charge in [-0.05, 0) is 28.3 Å². The third kappa shape index (κ3) is 3.03. The maximum Gasteiger partial charge on any atom is 0.312 e. The minimum absolute atomic E-state index is 0.0266. The van der Waals surface area contributed by atoms with E-state index in [1.165, 1.54) is 6.07 Å². The first-order valence-corrected chi connectivity index (χ1v) is 6.90. The molecule has 2 rings (SSSR count). The molecule has 0 N–H and O–H groups in total. The SMILES string of the molecule is COC1CN(c2ncc(Br)cc2[N+](=O)[O-])CCC1C. The van der Waals surface area contributed by atoms with Gasteiger partial charge in [0.2, 0.25) is 5.82 Å². The molecule has 1 aliphatic rings. The normalized spacial score (nSPS) is 23.4. The summed E-state index contributed by atoms with van der Waals surface area (Å²) in [4.78, 5) is 16.9. The zero-order valence-corrected chi connectivity index (χ0v) is 12.5. The fourth-order valence-electron chi connectivity index (χ4n) is 2.33. The lowest BCUT2D eigenvalue weighted by Gasteiger charge is -2.36. The number of rotatable bonds is 3. The number of aromatic nitrogens is 1. The van der Waals surface area contributed by atoms with E-state index < -0.39 is 4.92 Å². The van der Waals surface area contributed by atoms with E-state index in [9.17, 15) is 10.1 Å². The standard InChI is InChI=1S/C12H16BrN3O3/c1-8-3-4-15(7-11(8)19-2)12-10(16(17)18)5-9(13)6-14-12/h5-6,8,11H,3-4,7H2,1-2H3. The molecule has 0 aliphatic carbocycles. The number of pyridine rings is 1. The molecule has 1 aromatic heterocycles. The molecule has 1 aromatic rings. The van der Waals surface area contributed by atoms with Crippen molar-refractivity contribution >= 4 is 27.4 Å². The molecule has 104 valence electrons. The predicted octanol–water partition coefficient (Wildman–Crippen LogP) is 2.61. The summed E-state index contributed by atoms with van der Waals surface area (Å²) in [7, 11) is 1.67. The summed E-state index contributed by atoms with van der Waals surface area (Å²) in [5.74, 6) is 0.873. The molecule has 6 nitrogen and oxygen atoms in total. The average molecular weight is 330 g/mol. The van der Waals surface area contributed by atoms with Crippen LogP contribution in [-0.2, 0) is 4.74 Å². The van der Waals surface area contributed by atoms with E-state index in [0.717, 1.165) is 13.0 Å². The summed E-state index contributed by atoms with van der Waals surface area (Å²) in [5.41, 5.74) is 0.0266. The fraction of sp³-hybridized carbons (Fsp3) is 0.583.